The Kier molecular flexibility index (Phi) is 7.05. The average Bonchev–Trinajstić information content (AvgIpc) is 3.14. The van der Waals surface area contributed by atoms with Crippen LogP contribution < -0.4 is 10.1 Å². The van der Waals surface area contributed by atoms with Gasteiger partial charge in [-0.2, -0.15) is 0 Å². The summed E-state index contributed by atoms with van der Waals surface area (Å²) in [6, 6.07) is 16.1. The van der Waals surface area contributed by atoms with Gasteiger partial charge in [-0.15, -0.1) is 0 Å². The van der Waals surface area contributed by atoms with Gasteiger partial charge in [0.1, 0.15) is 5.75 Å². The number of H-pyrrole nitrogens is 1. The molecular weight excluding hydrogens is 336 g/mol. The summed E-state index contributed by atoms with van der Waals surface area (Å²) < 4.78 is 5.38. The summed E-state index contributed by atoms with van der Waals surface area (Å²) in [5, 5.41) is 4.50. The first-order valence-corrected chi connectivity index (χ1v) is 9.71. The number of carbonyl (C=O) groups is 1. The molecule has 2 aromatic carbocycles. The van der Waals surface area contributed by atoms with Gasteiger partial charge in [-0.05, 0) is 56.5 Å². The summed E-state index contributed by atoms with van der Waals surface area (Å²) in [7, 11) is 1.72. The van der Waals surface area contributed by atoms with Gasteiger partial charge in [0.25, 0.3) is 0 Å². The first-order valence-electron chi connectivity index (χ1n) is 9.71. The van der Waals surface area contributed by atoms with E-state index >= 15 is 0 Å². The molecule has 0 aliphatic carbocycles. The lowest BCUT2D eigenvalue weighted by molar-refractivity contribution is 0.0981. The van der Waals surface area contributed by atoms with Gasteiger partial charge in [0.05, 0.1) is 7.11 Å². The minimum absolute atomic E-state index is 0.226. The number of unbranched alkanes of at least 4 members (excludes halogenated alkanes) is 1. The van der Waals surface area contributed by atoms with Crippen molar-refractivity contribution in [3.63, 3.8) is 0 Å². The molecular formula is C23H28N2O2. The second kappa shape index (κ2) is 9.93. The van der Waals surface area contributed by atoms with E-state index in [0.29, 0.717) is 6.42 Å². The fourth-order valence-electron chi connectivity index (χ4n) is 3.41. The summed E-state index contributed by atoms with van der Waals surface area (Å²) in [5.74, 6) is 1.19. The van der Waals surface area contributed by atoms with E-state index in [0.717, 1.165) is 61.0 Å². The summed E-state index contributed by atoms with van der Waals surface area (Å²) in [5.41, 5.74) is 3.10. The first-order chi connectivity index (χ1) is 13.3. The third-order valence-corrected chi connectivity index (χ3v) is 4.89. The van der Waals surface area contributed by atoms with Crippen LogP contribution in [0, 0.1) is 0 Å². The van der Waals surface area contributed by atoms with Crippen LogP contribution in [0.2, 0.25) is 0 Å². The fourth-order valence-corrected chi connectivity index (χ4v) is 3.41. The zero-order valence-corrected chi connectivity index (χ0v) is 16.0. The van der Waals surface area contributed by atoms with Crippen molar-refractivity contribution in [2.24, 2.45) is 0 Å². The Morgan fingerprint density at radius 2 is 1.78 bits per heavy atom. The number of aromatic amines is 1. The summed E-state index contributed by atoms with van der Waals surface area (Å²) in [6.07, 6.45) is 6.46. The summed E-state index contributed by atoms with van der Waals surface area (Å²) in [6.45, 7) is 1.93. The van der Waals surface area contributed by atoms with Crippen LogP contribution in [0.4, 0.5) is 0 Å². The second-order valence-corrected chi connectivity index (χ2v) is 6.79. The number of nitrogens with one attached hydrogen (secondary N) is 2. The van der Waals surface area contributed by atoms with E-state index in [1.165, 1.54) is 5.56 Å². The van der Waals surface area contributed by atoms with E-state index in [1.54, 1.807) is 7.11 Å². The van der Waals surface area contributed by atoms with Crippen molar-refractivity contribution in [1.82, 2.24) is 10.3 Å². The molecule has 0 radical (unpaired) electrons. The van der Waals surface area contributed by atoms with Crippen molar-refractivity contribution in [3.8, 4) is 5.75 Å². The van der Waals surface area contributed by atoms with Gasteiger partial charge >= 0.3 is 0 Å². The highest BCUT2D eigenvalue weighted by atomic mass is 16.5. The van der Waals surface area contributed by atoms with E-state index in [4.69, 9.17) is 4.74 Å². The Morgan fingerprint density at radius 3 is 2.67 bits per heavy atom. The fraction of sp³-hybridized carbons (Fsp3) is 0.348. The predicted molar refractivity (Wildman–Crippen MR) is 111 cm³/mol. The normalized spacial score (nSPS) is 11.0. The number of hydrogen-bond acceptors (Lipinski definition) is 3. The molecule has 4 nitrogen and oxygen atoms in total. The molecule has 142 valence electrons. The van der Waals surface area contributed by atoms with E-state index in [2.05, 4.69) is 22.4 Å². The van der Waals surface area contributed by atoms with E-state index in [9.17, 15) is 4.79 Å². The number of rotatable bonds is 11. The van der Waals surface area contributed by atoms with Gasteiger partial charge in [-0.25, -0.2) is 0 Å². The van der Waals surface area contributed by atoms with Gasteiger partial charge in [0.2, 0.25) is 0 Å². The van der Waals surface area contributed by atoms with E-state index in [-0.39, 0.29) is 5.78 Å². The zero-order valence-electron chi connectivity index (χ0n) is 16.0. The maximum absolute atomic E-state index is 12.4. The maximum Gasteiger partial charge on any atom is 0.165 e. The summed E-state index contributed by atoms with van der Waals surface area (Å²) in [4.78, 5) is 15.6. The molecule has 4 heteroatoms. The number of hydrogen-bond donors (Lipinski definition) is 2. The van der Waals surface area contributed by atoms with Crippen molar-refractivity contribution in [2.45, 2.75) is 32.1 Å². The molecule has 0 aliphatic rings. The number of aromatic nitrogens is 1. The molecule has 1 heterocycles. The maximum atomic E-state index is 12.4. The highest BCUT2D eigenvalue weighted by molar-refractivity contribution is 6.07. The van der Waals surface area contributed by atoms with Crippen molar-refractivity contribution in [2.75, 3.05) is 20.2 Å². The van der Waals surface area contributed by atoms with Crippen molar-refractivity contribution in [1.29, 1.82) is 0 Å². The summed E-state index contributed by atoms with van der Waals surface area (Å²) >= 11 is 0. The molecule has 27 heavy (non-hydrogen) atoms. The molecule has 3 aromatic rings. The Morgan fingerprint density at radius 1 is 1.00 bits per heavy atom. The van der Waals surface area contributed by atoms with Crippen LogP contribution in [0.5, 0.6) is 5.75 Å². The van der Waals surface area contributed by atoms with Crippen LogP contribution in [0.25, 0.3) is 10.9 Å². The van der Waals surface area contributed by atoms with E-state index in [1.807, 2.05) is 42.6 Å². The number of aryl methyl sites for hydroxylation is 1. The minimum Gasteiger partial charge on any atom is -0.496 e. The number of ketones is 1. The van der Waals surface area contributed by atoms with Gasteiger partial charge < -0.3 is 15.0 Å². The number of ether oxygens (including phenoxy) is 1. The van der Waals surface area contributed by atoms with E-state index < -0.39 is 0 Å². The molecule has 0 atom stereocenters. The topological polar surface area (TPSA) is 54.1 Å². The number of benzene rings is 2. The molecule has 0 aliphatic heterocycles. The molecule has 0 unspecified atom stereocenters. The zero-order chi connectivity index (χ0) is 18.9. The molecule has 3 rings (SSSR count). The highest BCUT2D eigenvalue weighted by Gasteiger charge is 2.11. The lowest BCUT2D eigenvalue weighted by Gasteiger charge is -2.08. The van der Waals surface area contributed by atoms with Gasteiger partial charge in [0, 0.05) is 29.1 Å². The number of methoxy groups -OCH3 is 1. The molecule has 0 saturated carbocycles. The molecule has 0 bridgehead atoms. The van der Waals surface area contributed by atoms with Gasteiger partial charge in [-0.3, -0.25) is 4.79 Å². The predicted octanol–water partition coefficient (Wildman–Crippen LogP) is 4.75. The monoisotopic (exact) mass is 364 g/mol. The Balaban J connectivity index is 1.30. The quantitative estimate of drug-likeness (QED) is 0.381. The largest absolute Gasteiger partial charge is 0.496 e. The third kappa shape index (κ3) is 5.20. The molecule has 0 amide bonds. The minimum atomic E-state index is 0.226. The standard InChI is InChI=1S/C23H28N2O2/c1-27-23-14-5-2-9-18(23)10-8-16-24-15-7-6-13-22(26)20-17-25-21-12-4-3-11-19(20)21/h2-5,9,11-12,14,17,24-25H,6-8,10,13,15-16H2,1H3. The first kappa shape index (κ1) is 19.2. The van der Waals surface area contributed by atoms with Gasteiger partial charge in [0.15, 0.2) is 5.78 Å². The average molecular weight is 364 g/mol. The molecule has 0 spiro atoms. The van der Waals surface area contributed by atoms with Crippen molar-refractivity contribution >= 4 is 16.7 Å². The SMILES string of the molecule is COc1ccccc1CCCNCCCCC(=O)c1c[nH]c2ccccc12. The lowest BCUT2D eigenvalue weighted by atomic mass is 10.0. The van der Waals surface area contributed by atoms with Crippen LogP contribution in [0.15, 0.2) is 54.7 Å². The third-order valence-electron chi connectivity index (χ3n) is 4.89. The second-order valence-electron chi connectivity index (χ2n) is 6.79. The van der Waals surface area contributed by atoms with Gasteiger partial charge in [-0.1, -0.05) is 36.4 Å². The Labute approximate surface area is 160 Å². The van der Waals surface area contributed by atoms with Crippen LogP contribution in [-0.2, 0) is 6.42 Å². The molecule has 0 saturated heterocycles. The van der Waals surface area contributed by atoms with Crippen molar-refractivity contribution in [3.05, 3.63) is 65.9 Å². The number of para-hydroxylation sites is 2. The highest BCUT2D eigenvalue weighted by Crippen LogP contribution is 2.20. The van der Waals surface area contributed by atoms with Crippen LogP contribution in [-0.4, -0.2) is 31.0 Å². The smallest absolute Gasteiger partial charge is 0.165 e. The molecule has 1 aromatic heterocycles. The number of carbonyl (C=O) groups excluding carboxylic acids is 1. The van der Waals surface area contributed by atoms with Crippen molar-refractivity contribution < 1.29 is 9.53 Å². The number of fused-ring (bicyclic) bond motifs is 1. The van der Waals surface area contributed by atoms with Crippen LogP contribution >= 0.6 is 0 Å². The van der Waals surface area contributed by atoms with Crippen LogP contribution in [0.3, 0.4) is 0 Å². The lowest BCUT2D eigenvalue weighted by Crippen LogP contribution is -2.17. The van der Waals surface area contributed by atoms with Crippen LogP contribution in [0.1, 0.15) is 41.6 Å². The molecule has 2 N–H and O–H groups in total. The Hall–Kier alpha value is -2.59. The number of Topliss-reactive ketones (excluding diaryl/α,β-unsaturated/α-hetero) is 1. The molecule has 0 fully saturated rings. The Bertz CT molecular complexity index is 869.